The third-order valence-electron chi connectivity index (χ3n) is 8.41. The van der Waals surface area contributed by atoms with Crippen molar-refractivity contribution in [3.05, 3.63) is 95.6 Å². The first kappa shape index (κ1) is 31.3. The van der Waals surface area contributed by atoms with E-state index in [9.17, 15) is 22.8 Å². The lowest BCUT2D eigenvalue weighted by Crippen LogP contribution is -2.61. The van der Waals surface area contributed by atoms with Crippen molar-refractivity contribution in [2.24, 2.45) is 0 Å². The van der Waals surface area contributed by atoms with Crippen LogP contribution in [0, 0.1) is 0 Å². The predicted octanol–water partition coefficient (Wildman–Crippen LogP) is 6.32. The van der Waals surface area contributed by atoms with E-state index in [-0.39, 0.29) is 30.9 Å². The van der Waals surface area contributed by atoms with Crippen LogP contribution in [0.4, 0.5) is 18.9 Å². The maximum Gasteiger partial charge on any atom is 0.416 e. The third-order valence-corrected chi connectivity index (χ3v) is 8.78. The van der Waals surface area contributed by atoms with E-state index >= 15 is 0 Å². The summed E-state index contributed by atoms with van der Waals surface area (Å²) >= 11 is 5.59. The highest BCUT2D eigenvalue weighted by molar-refractivity contribution is 7.80. The molecular weight excluding hydrogens is 589 g/mol. The molecule has 0 spiro atoms. The number of ether oxygens (including phenoxy) is 1. The van der Waals surface area contributed by atoms with Crippen molar-refractivity contribution in [1.29, 1.82) is 0 Å². The molecule has 0 aromatic heterocycles. The summed E-state index contributed by atoms with van der Waals surface area (Å²) in [7, 11) is 1.55. The molecule has 3 aromatic rings. The molecule has 44 heavy (non-hydrogen) atoms. The molecule has 2 fully saturated rings. The number of amides is 2. The summed E-state index contributed by atoms with van der Waals surface area (Å²) in [6, 6.07) is 21.4. The first-order valence-corrected chi connectivity index (χ1v) is 15.0. The van der Waals surface area contributed by atoms with Crippen LogP contribution in [0.3, 0.4) is 0 Å². The molecule has 1 aliphatic carbocycles. The Morgan fingerprint density at radius 1 is 1.00 bits per heavy atom. The third kappa shape index (κ3) is 6.99. The first-order chi connectivity index (χ1) is 21.1. The van der Waals surface area contributed by atoms with Crippen molar-refractivity contribution < 1.29 is 27.5 Å². The normalized spacial score (nSPS) is 18.0. The molecule has 1 aliphatic heterocycles. The van der Waals surface area contributed by atoms with Gasteiger partial charge in [0.15, 0.2) is 5.11 Å². The molecule has 2 N–H and O–H groups in total. The number of benzene rings is 3. The average molecular weight is 625 g/mol. The van der Waals surface area contributed by atoms with Crippen LogP contribution in [-0.2, 0) is 22.3 Å². The number of nitrogens with one attached hydrogen (secondary N) is 2. The second-order valence-corrected chi connectivity index (χ2v) is 11.6. The predicted molar refractivity (Wildman–Crippen MR) is 166 cm³/mol. The molecular formula is C33H35F3N4O3S. The van der Waals surface area contributed by atoms with Gasteiger partial charge >= 0.3 is 6.18 Å². The largest absolute Gasteiger partial charge is 0.497 e. The van der Waals surface area contributed by atoms with Gasteiger partial charge in [-0.1, -0.05) is 61.7 Å². The quantitative estimate of drug-likeness (QED) is 0.272. The Kier molecular flexibility index (Phi) is 9.43. The van der Waals surface area contributed by atoms with E-state index < -0.39 is 17.3 Å². The Bertz CT molecular complexity index is 1460. The van der Waals surface area contributed by atoms with Crippen LogP contribution >= 0.6 is 12.2 Å². The molecule has 7 nitrogen and oxygen atoms in total. The van der Waals surface area contributed by atoms with Crippen molar-refractivity contribution in [1.82, 2.24) is 15.1 Å². The molecule has 1 saturated carbocycles. The number of rotatable bonds is 9. The van der Waals surface area contributed by atoms with Crippen LogP contribution in [-0.4, -0.2) is 52.5 Å². The Morgan fingerprint density at radius 3 is 2.27 bits per heavy atom. The van der Waals surface area contributed by atoms with Gasteiger partial charge in [0, 0.05) is 18.8 Å². The number of halogens is 3. The number of thiocarbonyl (C=S) groups is 1. The highest BCUT2D eigenvalue weighted by atomic mass is 32.1. The number of carbonyl (C=O) groups is 2. The number of alkyl halides is 3. The molecule has 3 aromatic carbocycles. The standard InChI is InChI=1S/C33H35F3N4O3S/c1-43-27-16-14-26(15-17-27)37-30(42)32(18-6-3-7-19-32)40(20-23-10-12-25(13-11-23)33(34,35)36)29(41)22-39-21-28(38-31(39)44)24-8-4-2-5-9-24/h2,4-5,8-17,28H,3,6-7,18-22H2,1H3,(H,37,42)(H,38,44)/t28-/m1/s1. The molecule has 0 unspecified atom stereocenters. The lowest BCUT2D eigenvalue weighted by atomic mass is 9.78. The fourth-order valence-corrected chi connectivity index (χ4v) is 6.27. The van der Waals surface area contributed by atoms with Gasteiger partial charge in [-0.25, -0.2) is 0 Å². The minimum atomic E-state index is -4.48. The highest BCUT2D eigenvalue weighted by Gasteiger charge is 2.47. The molecule has 2 amide bonds. The Labute approximate surface area is 260 Å². The van der Waals surface area contributed by atoms with E-state index in [0.29, 0.717) is 41.5 Å². The Balaban J connectivity index is 1.44. The van der Waals surface area contributed by atoms with Crippen LogP contribution < -0.4 is 15.4 Å². The minimum Gasteiger partial charge on any atom is -0.497 e. The second-order valence-electron chi connectivity index (χ2n) is 11.2. The van der Waals surface area contributed by atoms with Crippen LogP contribution in [0.5, 0.6) is 5.75 Å². The lowest BCUT2D eigenvalue weighted by Gasteiger charge is -2.45. The van der Waals surface area contributed by atoms with Gasteiger partial charge in [0.1, 0.15) is 11.3 Å². The summed E-state index contributed by atoms with van der Waals surface area (Å²) in [6.45, 7) is 0.365. The molecule has 232 valence electrons. The summed E-state index contributed by atoms with van der Waals surface area (Å²) in [5, 5.41) is 6.71. The smallest absolute Gasteiger partial charge is 0.416 e. The molecule has 1 heterocycles. The van der Waals surface area contributed by atoms with E-state index in [4.69, 9.17) is 17.0 Å². The monoisotopic (exact) mass is 624 g/mol. The molecule has 0 bridgehead atoms. The fraction of sp³-hybridized carbons (Fsp3) is 0.364. The molecule has 5 rings (SSSR count). The van der Waals surface area contributed by atoms with Crippen LogP contribution in [0.1, 0.15) is 54.8 Å². The van der Waals surface area contributed by atoms with Gasteiger partial charge in [-0.2, -0.15) is 13.2 Å². The SMILES string of the molecule is COc1ccc(NC(=O)C2(N(Cc3ccc(C(F)(F)F)cc3)C(=O)CN3C[C@H](c4ccccc4)NC3=S)CCCCC2)cc1. The number of nitrogens with zero attached hydrogens (tertiary/aromatic N) is 2. The van der Waals surface area contributed by atoms with Gasteiger partial charge in [-0.3, -0.25) is 9.59 Å². The summed E-state index contributed by atoms with van der Waals surface area (Å²) in [5.41, 5.74) is 0.111. The second kappa shape index (κ2) is 13.3. The molecule has 1 atom stereocenters. The van der Waals surface area contributed by atoms with Crippen molar-refractivity contribution >= 4 is 34.8 Å². The lowest BCUT2D eigenvalue weighted by molar-refractivity contribution is -0.149. The van der Waals surface area contributed by atoms with E-state index in [0.717, 1.165) is 37.0 Å². The van der Waals surface area contributed by atoms with Crippen molar-refractivity contribution in [2.75, 3.05) is 25.5 Å². The van der Waals surface area contributed by atoms with Crippen molar-refractivity contribution in [2.45, 2.75) is 56.4 Å². The van der Waals surface area contributed by atoms with Gasteiger partial charge < -0.3 is 25.2 Å². The molecule has 1 saturated heterocycles. The summed E-state index contributed by atoms with van der Waals surface area (Å²) in [6.07, 6.45) is -1.25. The van der Waals surface area contributed by atoms with Gasteiger partial charge in [0.2, 0.25) is 11.8 Å². The number of methoxy groups -OCH3 is 1. The maximum absolute atomic E-state index is 14.3. The maximum atomic E-state index is 14.3. The Hall–Kier alpha value is -4.12. The van der Waals surface area contributed by atoms with E-state index in [1.54, 1.807) is 41.2 Å². The number of hydrogen-bond acceptors (Lipinski definition) is 4. The number of carbonyl (C=O) groups excluding carboxylic acids is 2. The fourth-order valence-electron chi connectivity index (χ4n) is 5.99. The summed E-state index contributed by atoms with van der Waals surface area (Å²) < 4.78 is 45.1. The van der Waals surface area contributed by atoms with Crippen LogP contribution in [0.2, 0.25) is 0 Å². The van der Waals surface area contributed by atoms with Crippen molar-refractivity contribution in [3.63, 3.8) is 0 Å². The molecule has 2 aliphatic rings. The van der Waals surface area contributed by atoms with Gasteiger partial charge in [-0.05, 0) is 72.6 Å². The number of hydrogen-bond donors (Lipinski definition) is 2. The zero-order chi connectivity index (χ0) is 31.3. The molecule has 0 radical (unpaired) electrons. The van der Waals surface area contributed by atoms with Gasteiger partial charge in [-0.15, -0.1) is 0 Å². The van der Waals surface area contributed by atoms with Crippen molar-refractivity contribution in [3.8, 4) is 5.75 Å². The summed E-state index contributed by atoms with van der Waals surface area (Å²) in [5.74, 6) is -0.0139. The average Bonchev–Trinajstić information content (AvgIpc) is 3.40. The first-order valence-electron chi connectivity index (χ1n) is 14.6. The highest BCUT2D eigenvalue weighted by Crippen LogP contribution is 2.37. The van der Waals surface area contributed by atoms with Crippen LogP contribution in [0.25, 0.3) is 0 Å². The zero-order valence-corrected chi connectivity index (χ0v) is 25.2. The van der Waals surface area contributed by atoms with E-state index in [1.807, 2.05) is 30.3 Å². The minimum absolute atomic E-state index is 0.0247. The Morgan fingerprint density at radius 2 is 1.66 bits per heavy atom. The van der Waals surface area contributed by atoms with Crippen LogP contribution in [0.15, 0.2) is 78.9 Å². The topological polar surface area (TPSA) is 73.9 Å². The summed E-state index contributed by atoms with van der Waals surface area (Å²) in [4.78, 5) is 31.8. The molecule has 11 heteroatoms. The van der Waals surface area contributed by atoms with Gasteiger partial charge in [0.05, 0.1) is 25.3 Å². The van der Waals surface area contributed by atoms with Gasteiger partial charge in [0.25, 0.3) is 0 Å². The number of anilines is 1. The van der Waals surface area contributed by atoms with E-state index in [1.165, 1.54) is 12.1 Å². The zero-order valence-electron chi connectivity index (χ0n) is 24.4. The van der Waals surface area contributed by atoms with E-state index in [2.05, 4.69) is 10.6 Å².